The molecule has 0 bridgehead atoms. The van der Waals surface area contributed by atoms with E-state index in [-0.39, 0.29) is 11.3 Å². The number of nitriles is 1. The molecule has 1 aromatic heterocycles. The second-order valence-electron chi connectivity index (χ2n) is 6.79. The molecule has 0 radical (unpaired) electrons. The molecule has 1 amide bonds. The molecule has 0 aliphatic rings. The molecule has 0 saturated carbocycles. The standard InChI is InChI=1S/C23H21BrN4O4/c1-14-21(23(30)28(27(14)2)17-8-6-5-7-9-17)26-22(29)16(13-25)10-15-11-19(31-3)20(32-4)12-18(15)24/h5-12H,1-4H3,(H,26,29). The SMILES string of the molecule is COc1cc(Br)c(C=C(C#N)C(=O)Nc2c(C)n(C)n(-c3ccccc3)c2=O)cc1OC. The summed E-state index contributed by atoms with van der Waals surface area (Å²) in [5.74, 6) is 0.255. The Hall–Kier alpha value is -3.77. The lowest BCUT2D eigenvalue weighted by atomic mass is 10.1. The predicted molar refractivity (Wildman–Crippen MR) is 125 cm³/mol. The molecule has 0 atom stereocenters. The molecule has 1 N–H and O–H groups in total. The summed E-state index contributed by atoms with van der Waals surface area (Å²) >= 11 is 3.41. The van der Waals surface area contributed by atoms with Crippen LogP contribution in [0, 0.1) is 18.3 Å². The molecule has 164 valence electrons. The van der Waals surface area contributed by atoms with Gasteiger partial charge in [0, 0.05) is 11.5 Å². The van der Waals surface area contributed by atoms with E-state index in [1.165, 1.54) is 25.0 Å². The zero-order valence-corrected chi connectivity index (χ0v) is 19.6. The van der Waals surface area contributed by atoms with Crippen molar-refractivity contribution < 1.29 is 14.3 Å². The lowest BCUT2D eigenvalue weighted by Crippen LogP contribution is -2.23. The Morgan fingerprint density at radius 1 is 1.16 bits per heavy atom. The minimum atomic E-state index is -0.694. The molecule has 1 heterocycles. The van der Waals surface area contributed by atoms with Crippen molar-refractivity contribution in [2.45, 2.75) is 6.92 Å². The number of hydrogen-bond donors (Lipinski definition) is 1. The highest BCUT2D eigenvalue weighted by Gasteiger charge is 2.20. The number of anilines is 1. The Labute approximate surface area is 193 Å². The van der Waals surface area contributed by atoms with E-state index in [1.807, 2.05) is 24.3 Å². The fourth-order valence-corrected chi connectivity index (χ4v) is 3.61. The van der Waals surface area contributed by atoms with Gasteiger partial charge in [0.15, 0.2) is 11.5 Å². The monoisotopic (exact) mass is 496 g/mol. The molecule has 0 saturated heterocycles. The summed E-state index contributed by atoms with van der Waals surface area (Å²) in [5.41, 5.74) is 1.29. The summed E-state index contributed by atoms with van der Waals surface area (Å²) in [6, 6.07) is 14.3. The maximum atomic E-state index is 13.0. The van der Waals surface area contributed by atoms with Gasteiger partial charge in [-0.25, -0.2) is 4.68 Å². The van der Waals surface area contributed by atoms with E-state index in [0.29, 0.717) is 32.9 Å². The molecule has 0 aliphatic heterocycles. The van der Waals surface area contributed by atoms with Crippen molar-refractivity contribution in [3.63, 3.8) is 0 Å². The molecular weight excluding hydrogens is 476 g/mol. The van der Waals surface area contributed by atoms with E-state index < -0.39 is 11.5 Å². The van der Waals surface area contributed by atoms with Gasteiger partial charge < -0.3 is 14.8 Å². The molecule has 32 heavy (non-hydrogen) atoms. The number of methoxy groups -OCH3 is 2. The first-order valence-corrected chi connectivity index (χ1v) is 10.3. The fraction of sp³-hybridized carbons (Fsp3) is 0.174. The van der Waals surface area contributed by atoms with Crippen molar-refractivity contribution in [1.29, 1.82) is 5.26 Å². The average Bonchev–Trinajstić information content (AvgIpc) is 3.01. The Bertz CT molecular complexity index is 1300. The van der Waals surface area contributed by atoms with Crippen LogP contribution < -0.4 is 20.3 Å². The Morgan fingerprint density at radius 3 is 2.38 bits per heavy atom. The van der Waals surface area contributed by atoms with Gasteiger partial charge in [-0.1, -0.05) is 34.1 Å². The van der Waals surface area contributed by atoms with Crippen LogP contribution in [0.5, 0.6) is 11.5 Å². The van der Waals surface area contributed by atoms with Crippen LogP contribution in [0.25, 0.3) is 11.8 Å². The van der Waals surface area contributed by atoms with E-state index >= 15 is 0 Å². The first-order valence-electron chi connectivity index (χ1n) is 9.51. The minimum absolute atomic E-state index is 0.105. The Kier molecular flexibility index (Phi) is 6.85. The number of carbonyl (C=O) groups excluding carboxylic acids is 1. The topological polar surface area (TPSA) is 98.3 Å². The lowest BCUT2D eigenvalue weighted by Gasteiger charge is -2.10. The van der Waals surface area contributed by atoms with Crippen LogP contribution in [-0.2, 0) is 11.8 Å². The quantitative estimate of drug-likeness (QED) is 0.413. The largest absolute Gasteiger partial charge is 0.493 e. The second-order valence-corrected chi connectivity index (χ2v) is 7.64. The highest BCUT2D eigenvalue weighted by atomic mass is 79.9. The van der Waals surface area contributed by atoms with Crippen molar-refractivity contribution in [2.24, 2.45) is 7.05 Å². The fourth-order valence-electron chi connectivity index (χ4n) is 3.18. The summed E-state index contributed by atoms with van der Waals surface area (Å²) in [5, 5.41) is 12.2. The van der Waals surface area contributed by atoms with Gasteiger partial charge in [-0.3, -0.25) is 14.3 Å². The van der Waals surface area contributed by atoms with Crippen molar-refractivity contribution in [3.05, 3.63) is 74.1 Å². The molecule has 9 heteroatoms. The molecule has 2 aromatic carbocycles. The number of ether oxygens (including phenoxy) is 2. The molecule has 0 unspecified atom stereocenters. The van der Waals surface area contributed by atoms with Crippen LogP contribution in [0.4, 0.5) is 5.69 Å². The van der Waals surface area contributed by atoms with Crippen LogP contribution >= 0.6 is 15.9 Å². The summed E-state index contributed by atoms with van der Waals surface area (Å²) in [7, 11) is 4.73. The highest BCUT2D eigenvalue weighted by molar-refractivity contribution is 9.10. The minimum Gasteiger partial charge on any atom is -0.493 e. The first kappa shape index (κ1) is 22.9. The number of carbonyl (C=O) groups is 1. The number of rotatable bonds is 6. The number of amides is 1. The number of hydrogen-bond acceptors (Lipinski definition) is 5. The number of halogens is 1. The van der Waals surface area contributed by atoms with Crippen LogP contribution in [0.3, 0.4) is 0 Å². The number of nitrogens with one attached hydrogen (secondary N) is 1. The molecule has 3 rings (SSSR count). The zero-order valence-electron chi connectivity index (χ0n) is 18.0. The third-order valence-electron chi connectivity index (χ3n) is 4.96. The van der Waals surface area contributed by atoms with Crippen molar-refractivity contribution in [1.82, 2.24) is 9.36 Å². The van der Waals surface area contributed by atoms with Crippen LogP contribution in [0.2, 0.25) is 0 Å². The third-order valence-corrected chi connectivity index (χ3v) is 5.65. The summed E-state index contributed by atoms with van der Waals surface area (Å²) in [6.07, 6.45) is 1.41. The van der Waals surface area contributed by atoms with Gasteiger partial charge in [0.25, 0.3) is 11.5 Å². The number of benzene rings is 2. The summed E-state index contributed by atoms with van der Waals surface area (Å²) in [4.78, 5) is 25.9. The number of aromatic nitrogens is 2. The maximum absolute atomic E-state index is 13.0. The normalized spacial score (nSPS) is 11.1. The molecule has 0 aliphatic carbocycles. The van der Waals surface area contributed by atoms with Gasteiger partial charge in [-0.15, -0.1) is 0 Å². The van der Waals surface area contributed by atoms with Gasteiger partial charge >= 0.3 is 0 Å². The van der Waals surface area contributed by atoms with Crippen molar-refractivity contribution in [2.75, 3.05) is 19.5 Å². The van der Waals surface area contributed by atoms with Gasteiger partial charge in [0.05, 0.1) is 25.6 Å². The molecule has 0 fully saturated rings. The van der Waals surface area contributed by atoms with E-state index in [2.05, 4.69) is 21.2 Å². The van der Waals surface area contributed by atoms with E-state index in [1.54, 1.807) is 42.9 Å². The summed E-state index contributed by atoms with van der Waals surface area (Å²) < 4.78 is 14.2. The molecular formula is C23H21BrN4O4. The number of nitrogens with zero attached hydrogens (tertiary/aromatic N) is 3. The van der Waals surface area contributed by atoms with Gasteiger partial charge in [0.1, 0.15) is 17.3 Å². The maximum Gasteiger partial charge on any atom is 0.295 e. The Morgan fingerprint density at radius 2 is 1.78 bits per heavy atom. The second kappa shape index (κ2) is 9.58. The zero-order chi connectivity index (χ0) is 23.4. The van der Waals surface area contributed by atoms with E-state index in [0.717, 1.165) is 0 Å². The number of para-hydroxylation sites is 1. The van der Waals surface area contributed by atoms with Gasteiger partial charge in [-0.05, 0) is 42.8 Å². The molecule has 8 nitrogen and oxygen atoms in total. The smallest absolute Gasteiger partial charge is 0.295 e. The molecule has 3 aromatic rings. The lowest BCUT2D eigenvalue weighted by molar-refractivity contribution is -0.112. The average molecular weight is 497 g/mol. The third kappa shape index (κ3) is 4.31. The van der Waals surface area contributed by atoms with Crippen LogP contribution in [0.1, 0.15) is 11.3 Å². The van der Waals surface area contributed by atoms with Crippen LogP contribution in [-0.4, -0.2) is 29.5 Å². The van der Waals surface area contributed by atoms with Gasteiger partial charge in [0.2, 0.25) is 0 Å². The van der Waals surface area contributed by atoms with E-state index in [9.17, 15) is 14.9 Å². The van der Waals surface area contributed by atoms with Crippen LogP contribution in [0.15, 0.2) is 57.3 Å². The van der Waals surface area contributed by atoms with Gasteiger partial charge in [-0.2, -0.15) is 5.26 Å². The predicted octanol–water partition coefficient (Wildman–Crippen LogP) is 3.81. The van der Waals surface area contributed by atoms with Crippen molar-refractivity contribution in [3.8, 4) is 23.3 Å². The first-order chi connectivity index (χ1) is 15.3. The Balaban J connectivity index is 1.99. The molecule has 0 spiro atoms. The summed E-state index contributed by atoms with van der Waals surface area (Å²) in [6.45, 7) is 1.72. The van der Waals surface area contributed by atoms with Crippen molar-refractivity contribution >= 4 is 33.6 Å². The van der Waals surface area contributed by atoms with E-state index in [4.69, 9.17) is 9.47 Å². The highest BCUT2D eigenvalue weighted by Crippen LogP contribution is 2.34.